The van der Waals surface area contributed by atoms with Crippen LogP contribution in [0.25, 0.3) is 33.3 Å². The van der Waals surface area contributed by atoms with Gasteiger partial charge in [0, 0.05) is 22.9 Å². The molecule has 2 N–H and O–H groups in total. The number of pyridine rings is 1. The van der Waals surface area contributed by atoms with E-state index in [4.69, 9.17) is 5.73 Å². The number of anilines is 1. The summed E-state index contributed by atoms with van der Waals surface area (Å²) in [6.45, 7) is 0. The molecular weight excluding hydrogens is 372 g/mol. The lowest BCUT2D eigenvalue weighted by molar-refractivity contribution is -0.736. The number of hydrogen-bond donors (Lipinski definition) is 1. The van der Waals surface area contributed by atoms with Crippen molar-refractivity contribution in [3.05, 3.63) is 75.9 Å². The number of nitrogens with two attached hydrogens (primary N) is 1. The van der Waals surface area contributed by atoms with Crippen LogP contribution < -0.4 is 11.3 Å². The largest absolute Gasteiger partial charge is 0.382 e. The van der Waals surface area contributed by atoms with Crippen molar-refractivity contribution in [2.24, 2.45) is 0 Å². The second-order valence-electron chi connectivity index (χ2n) is 6.45. The maximum atomic E-state index is 13.4. The lowest BCUT2D eigenvalue weighted by Gasteiger charge is -2.10. The molecule has 142 valence electrons. The summed E-state index contributed by atoms with van der Waals surface area (Å²) < 4.78 is 3.08. The van der Waals surface area contributed by atoms with Gasteiger partial charge in [0.25, 0.3) is 10.5 Å². The van der Waals surface area contributed by atoms with Gasteiger partial charge in [-0.3, -0.25) is 9.36 Å². The van der Waals surface area contributed by atoms with Crippen LogP contribution in [0.5, 0.6) is 0 Å². The highest BCUT2D eigenvalue weighted by Gasteiger charge is 2.20. The number of fused-ring (bicyclic) bond motifs is 5. The highest BCUT2D eigenvalue weighted by molar-refractivity contribution is 6.04. The maximum absolute atomic E-state index is 13.4. The van der Waals surface area contributed by atoms with Crippen molar-refractivity contribution in [3.8, 4) is 5.69 Å². The van der Waals surface area contributed by atoms with E-state index in [1.165, 1.54) is 11.7 Å². The summed E-state index contributed by atoms with van der Waals surface area (Å²) in [5, 5.41) is 5.61. The quantitative estimate of drug-likeness (QED) is 0.477. The number of nitrogen functional groups attached to an aromatic ring is 1. The minimum atomic E-state index is -0.224. The van der Waals surface area contributed by atoms with Crippen LogP contribution in [-0.4, -0.2) is 31.2 Å². The van der Waals surface area contributed by atoms with Crippen LogP contribution in [0.2, 0.25) is 0 Å². The minimum absolute atomic E-state index is 0.224. The summed E-state index contributed by atoms with van der Waals surface area (Å²) >= 11 is 0. The Bertz CT molecular complexity index is 1480. The molecule has 0 atom stereocenters. The van der Waals surface area contributed by atoms with Crippen molar-refractivity contribution in [2.45, 2.75) is 0 Å². The fraction of sp³-hybridized carbons (Fsp3) is 0.0500. The van der Waals surface area contributed by atoms with Crippen LogP contribution in [0.3, 0.4) is 0 Å². The average Bonchev–Trinajstić information content (AvgIpc) is 3.12. The molecule has 9 heteroatoms. The van der Waals surface area contributed by atoms with Crippen molar-refractivity contribution >= 4 is 39.1 Å². The molecule has 5 rings (SSSR count). The van der Waals surface area contributed by atoms with Gasteiger partial charge in [-0.2, -0.15) is 4.52 Å². The zero-order valence-corrected chi connectivity index (χ0v) is 15.3. The van der Waals surface area contributed by atoms with Gasteiger partial charge in [0.2, 0.25) is 0 Å². The minimum Gasteiger partial charge on any atom is -0.382 e. The van der Waals surface area contributed by atoms with Crippen LogP contribution in [0.4, 0.5) is 11.5 Å². The molecular formula is C20H15N6O3+. The molecule has 0 aliphatic carbocycles. The van der Waals surface area contributed by atoms with E-state index in [0.717, 1.165) is 5.39 Å². The predicted octanol–water partition coefficient (Wildman–Crippen LogP) is 2.74. The van der Waals surface area contributed by atoms with Gasteiger partial charge < -0.3 is 5.73 Å². The Labute approximate surface area is 163 Å². The van der Waals surface area contributed by atoms with Gasteiger partial charge >= 0.3 is 5.69 Å². The van der Waals surface area contributed by atoms with E-state index in [1.807, 2.05) is 18.2 Å². The normalized spacial score (nSPS) is 11.3. The summed E-state index contributed by atoms with van der Waals surface area (Å²) in [6, 6.07) is 17.2. The molecule has 9 nitrogen and oxygen atoms in total. The molecule has 29 heavy (non-hydrogen) atoms. The Hall–Kier alpha value is -4.27. The van der Waals surface area contributed by atoms with Crippen molar-refractivity contribution in [3.63, 3.8) is 0 Å². The average molecular weight is 387 g/mol. The topological polar surface area (TPSA) is 108 Å². The monoisotopic (exact) mass is 387 g/mol. The molecule has 0 spiro atoms. The van der Waals surface area contributed by atoms with Crippen LogP contribution in [0.1, 0.15) is 0 Å². The first kappa shape index (κ1) is 16.9. The van der Waals surface area contributed by atoms with E-state index < -0.39 is 0 Å². The van der Waals surface area contributed by atoms with Crippen LogP contribution >= 0.6 is 0 Å². The first-order chi connectivity index (χ1) is 14.1. The third-order valence-electron chi connectivity index (χ3n) is 4.79. The smallest absolute Gasteiger partial charge is 0.316 e. The summed E-state index contributed by atoms with van der Waals surface area (Å²) in [5.41, 5.74) is 8.22. The highest BCUT2D eigenvalue weighted by atomic mass is 16.8. The predicted molar refractivity (Wildman–Crippen MR) is 108 cm³/mol. The molecule has 3 heterocycles. The van der Waals surface area contributed by atoms with E-state index in [9.17, 15) is 9.70 Å². The van der Waals surface area contributed by atoms with Gasteiger partial charge in [-0.15, -0.1) is 5.10 Å². The Morgan fingerprint density at radius 2 is 1.72 bits per heavy atom. The SMILES string of the molecule is CO[N+](=O)c1ccc(-n2c(=O)c3ccccc3c3nc4ccc(N)nn4c32)cc1. The standard InChI is InChI=1S/C20H15N6O3/c1-29-26(28)13-8-6-12(7-9-13)24-19-18(14-4-2-3-5-15(14)20(24)27)22-17-11-10-16(21)23-25(17)19/h2-11H,1H3,(H2,21,23)/q+1. The van der Waals surface area contributed by atoms with Gasteiger partial charge in [-0.25, -0.2) is 9.82 Å². The molecule has 5 aromatic rings. The molecule has 0 radical (unpaired) electrons. The number of benzene rings is 2. The van der Waals surface area contributed by atoms with Crippen molar-refractivity contribution in [1.29, 1.82) is 0 Å². The van der Waals surface area contributed by atoms with Gasteiger partial charge in [0.05, 0.1) is 10.6 Å². The maximum Gasteiger partial charge on any atom is 0.316 e. The molecule has 0 bridgehead atoms. The van der Waals surface area contributed by atoms with Gasteiger partial charge in [-0.05, 0) is 30.3 Å². The van der Waals surface area contributed by atoms with E-state index >= 15 is 0 Å². The third kappa shape index (κ3) is 2.44. The Morgan fingerprint density at radius 3 is 2.45 bits per heavy atom. The van der Waals surface area contributed by atoms with Crippen molar-refractivity contribution in [1.82, 2.24) is 19.2 Å². The molecule has 2 aromatic carbocycles. The molecule has 0 amide bonds. The number of hydrogen-bond acceptors (Lipinski definition) is 6. The number of imidazole rings is 1. The van der Waals surface area contributed by atoms with Crippen molar-refractivity contribution < 1.29 is 9.76 Å². The molecule has 0 unspecified atom stereocenters. The number of aromatic nitrogens is 4. The van der Waals surface area contributed by atoms with E-state index in [0.29, 0.717) is 44.3 Å². The Kier molecular flexibility index (Phi) is 3.56. The van der Waals surface area contributed by atoms with Gasteiger partial charge in [-0.1, -0.05) is 18.2 Å². The lowest BCUT2D eigenvalue weighted by Crippen LogP contribution is -2.20. The molecule has 0 fully saturated rings. The third-order valence-corrected chi connectivity index (χ3v) is 4.79. The van der Waals surface area contributed by atoms with E-state index in [-0.39, 0.29) is 5.56 Å². The first-order valence-electron chi connectivity index (χ1n) is 8.79. The zero-order chi connectivity index (χ0) is 20.1. The van der Waals surface area contributed by atoms with E-state index in [1.54, 1.807) is 47.0 Å². The lowest BCUT2D eigenvalue weighted by atomic mass is 10.1. The van der Waals surface area contributed by atoms with Gasteiger partial charge in [0.15, 0.2) is 18.4 Å². The highest BCUT2D eigenvalue weighted by Crippen LogP contribution is 2.26. The van der Waals surface area contributed by atoms with Crippen molar-refractivity contribution in [2.75, 3.05) is 12.8 Å². The van der Waals surface area contributed by atoms with E-state index in [2.05, 4.69) is 14.9 Å². The van der Waals surface area contributed by atoms with Crippen LogP contribution in [0, 0.1) is 4.91 Å². The number of rotatable bonds is 3. The first-order valence-corrected chi connectivity index (χ1v) is 8.79. The Balaban J connectivity index is 1.94. The number of nitrogens with zero attached hydrogens (tertiary/aromatic N) is 5. The van der Waals surface area contributed by atoms with Crippen LogP contribution in [-0.2, 0) is 4.84 Å². The Morgan fingerprint density at radius 1 is 1.00 bits per heavy atom. The summed E-state index contributed by atoms with van der Waals surface area (Å²) in [7, 11) is 1.28. The molecule has 0 aliphatic rings. The summed E-state index contributed by atoms with van der Waals surface area (Å²) in [4.78, 5) is 34.8. The fourth-order valence-electron chi connectivity index (χ4n) is 3.48. The molecule has 0 saturated carbocycles. The summed E-state index contributed by atoms with van der Waals surface area (Å²) in [6.07, 6.45) is 0. The second-order valence-corrected chi connectivity index (χ2v) is 6.45. The molecule has 0 saturated heterocycles. The molecule has 0 aliphatic heterocycles. The van der Waals surface area contributed by atoms with Crippen LogP contribution in [0.15, 0.2) is 65.5 Å². The fourth-order valence-corrected chi connectivity index (χ4v) is 3.48. The second kappa shape index (κ2) is 6.13. The summed E-state index contributed by atoms with van der Waals surface area (Å²) in [5.74, 6) is 0.307. The zero-order valence-electron chi connectivity index (χ0n) is 15.3. The molecule has 3 aromatic heterocycles. The van der Waals surface area contributed by atoms with Gasteiger partial charge in [0.1, 0.15) is 11.3 Å².